The van der Waals surface area contributed by atoms with Gasteiger partial charge in [-0.1, -0.05) is 18.6 Å². The Kier molecular flexibility index (Phi) is 4.51. The lowest BCUT2D eigenvalue weighted by molar-refractivity contribution is 0.00650. The molecule has 0 saturated carbocycles. The lowest BCUT2D eigenvalue weighted by Gasteiger charge is -2.43. The first-order chi connectivity index (χ1) is 10.6. The zero-order valence-corrected chi connectivity index (χ0v) is 13.3. The summed E-state index contributed by atoms with van der Waals surface area (Å²) in [5.41, 5.74) is 0.0169. The van der Waals surface area contributed by atoms with E-state index in [9.17, 15) is 9.32 Å². The summed E-state index contributed by atoms with van der Waals surface area (Å²) in [6, 6.07) is 9.51. The number of benzene rings is 1. The summed E-state index contributed by atoms with van der Waals surface area (Å²) >= 11 is 0. The van der Waals surface area contributed by atoms with Crippen LogP contribution in [0.3, 0.4) is 0 Å². The molecule has 3 rings (SSSR count). The maximum absolute atomic E-state index is 12.3. The van der Waals surface area contributed by atoms with Crippen molar-refractivity contribution in [2.45, 2.75) is 54.6 Å². The molecule has 2 saturated heterocycles. The first-order valence-electron chi connectivity index (χ1n) is 7.84. The van der Waals surface area contributed by atoms with Gasteiger partial charge in [-0.25, -0.2) is 0 Å². The zero-order chi connectivity index (χ0) is 15.6. The molecule has 0 amide bonds. The fourth-order valence-electron chi connectivity index (χ4n) is 3.59. The predicted octanol–water partition coefficient (Wildman–Crippen LogP) is 2.63. The molecule has 1 aromatic rings. The Morgan fingerprint density at radius 3 is 2.50 bits per heavy atom. The number of hydrogen-bond acceptors (Lipinski definition) is 4. The van der Waals surface area contributed by atoms with Crippen LogP contribution in [0.25, 0.3) is 0 Å². The average molecular weight is 319 g/mol. The largest absolute Gasteiger partial charge is 0.493 e. The highest BCUT2D eigenvalue weighted by atomic mass is 32.2. The fraction of sp³-hybridized carbons (Fsp3) is 0.588. The third-order valence-corrected chi connectivity index (χ3v) is 6.83. The van der Waals surface area contributed by atoms with Gasteiger partial charge in [0.25, 0.3) is 0 Å². The number of nitrogens with zero attached hydrogens (tertiary/aromatic N) is 1. The van der Waals surface area contributed by atoms with Gasteiger partial charge < -0.3 is 9.84 Å². The highest BCUT2D eigenvalue weighted by Crippen LogP contribution is 2.44. The van der Waals surface area contributed by atoms with Crippen molar-refractivity contribution in [3.8, 4) is 11.8 Å². The van der Waals surface area contributed by atoms with Gasteiger partial charge in [0.15, 0.2) is 0 Å². The van der Waals surface area contributed by atoms with Crippen molar-refractivity contribution >= 4 is 10.8 Å². The molecule has 2 heterocycles. The minimum absolute atomic E-state index is 0.129. The van der Waals surface area contributed by atoms with Crippen LogP contribution in [0, 0.1) is 11.3 Å². The third kappa shape index (κ3) is 3.04. The van der Waals surface area contributed by atoms with Crippen molar-refractivity contribution in [3.05, 3.63) is 29.8 Å². The molecule has 2 atom stereocenters. The lowest BCUT2D eigenvalue weighted by Crippen LogP contribution is -2.47. The number of ether oxygens (including phenoxy) is 1. The molecule has 2 fully saturated rings. The molecular weight excluding hydrogens is 298 g/mol. The Bertz CT molecular complexity index is 577. The second kappa shape index (κ2) is 6.39. The van der Waals surface area contributed by atoms with Gasteiger partial charge in [-0.3, -0.25) is 4.21 Å². The van der Waals surface area contributed by atoms with Gasteiger partial charge in [0.2, 0.25) is 0 Å². The number of rotatable bonds is 4. The SMILES string of the molecule is N#CCCOc1ccc(C2(O)CC3CCCC(C2)S3=O)cc1. The summed E-state index contributed by atoms with van der Waals surface area (Å²) in [6.45, 7) is 0.378. The molecule has 0 aliphatic carbocycles. The van der Waals surface area contributed by atoms with Gasteiger partial charge in [-0.15, -0.1) is 0 Å². The summed E-state index contributed by atoms with van der Waals surface area (Å²) in [7, 11) is -0.781. The minimum atomic E-state index is -0.866. The van der Waals surface area contributed by atoms with Crippen LogP contribution in [-0.2, 0) is 16.4 Å². The standard InChI is InChI=1S/C17H21NO3S/c18-9-2-10-21-14-7-5-13(6-8-14)17(19)11-15-3-1-4-16(12-17)22(15)20/h5-8,15-16,19H,1-4,10-12H2. The Balaban J connectivity index is 1.73. The highest BCUT2D eigenvalue weighted by molar-refractivity contribution is 7.86. The molecule has 118 valence electrons. The molecule has 2 aliphatic rings. The summed E-state index contributed by atoms with van der Waals surface area (Å²) in [5.74, 6) is 0.710. The quantitative estimate of drug-likeness (QED) is 0.866. The van der Waals surface area contributed by atoms with Crippen LogP contribution in [0.15, 0.2) is 24.3 Å². The van der Waals surface area contributed by atoms with E-state index >= 15 is 0 Å². The van der Waals surface area contributed by atoms with E-state index in [0.717, 1.165) is 24.8 Å². The summed E-state index contributed by atoms with van der Waals surface area (Å²) in [6.07, 6.45) is 4.58. The molecule has 4 nitrogen and oxygen atoms in total. The van der Waals surface area contributed by atoms with Crippen LogP contribution < -0.4 is 4.74 Å². The first-order valence-corrected chi connectivity index (χ1v) is 9.12. The van der Waals surface area contributed by atoms with Crippen molar-refractivity contribution in [2.75, 3.05) is 6.61 Å². The van der Waals surface area contributed by atoms with E-state index in [1.54, 1.807) is 0 Å². The number of fused-ring (bicyclic) bond motifs is 2. The Hall–Kier alpha value is -1.38. The molecule has 1 aromatic carbocycles. The number of hydrogen-bond donors (Lipinski definition) is 1. The van der Waals surface area contributed by atoms with E-state index < -0.39 is 16.4 Å². The van der Waals surface area contributed by atoms with Crippen molar-refractivity contribution in [2.24, 2.45) is 0 Å². The molecule has 0 radical (unpaired) electrons. The minimum Gasteiger partial charge on any atom is -0.493 e. The smallest absolute Gasteiger partial charge is 0.119 e. The van der Waals surface area contributed by atoms with Gasteiger partial charge in [0.05, 0.1) is 18.1 Å². The van der Waals surface area contributed by atoms with E-state index in [4.69, 9.17) is 10.00 Å². The van der Waals surface area contributed by atoms with Gasteiger partial charge >= 0.3 is 0 Å². The van der Waals surface area contributed by atoms with E-state index in [2.05, 4.69) is 0 Å². The Morgan fingerprint density at radius 2 is 1.91 bits per heavy atom. The molecule has 0 aromatic heterocycles. The lowest BCUT2D eigenvalue weighted by atomic mass is 9.80. The van der Waals surface area contributed by atoms with Crippen LogP contribution in [0.2, 0.25) is 0 Å². The molecule has 2 aliphatic heterocycles. The monoisotopic (exact) mass is 319 g/mol. The van der Waals surface area contributed by atoms with Crippen LogP contribution in [0.1, 0.15) is 44.1 Å². The van der Waals surface area contributed by atoms with E-state index in [1.165, 1.54) is 0 Å². The first kappa shape index (κ1) is 15.5. The molecule has 5 heteroatoms. The molecule has 1 N–H and O–H groups in total. The maximum atomic E-state index is 12.3. The van der Waals surface area contributed by atoms with Crippen LogP contribution in [0.4, 0.5) is 0 Å². The van der Waals surface area contributed by atoms with E-state index in [1.807, 2.05) is 30.3 Å². The van der Waals surface area contributed by atoms with Crippen LogP contribution in [0.5, 0.6) is 5.75 Å². The van der Waals surface area contributed by atoms with Crippen molar-refractivity contribution in [3.63, 3.8) is 0 Å². The highest BCUT2D eigenvalue weighted by Gasteiger charge is 2.46. The topological polar surface area (TPSA) is 70.3 Å². The van der Waals surface area contributed by atoms with E-state index in [-0.39, 0.29) is 10.5 Å². The van der Waals surface area contributed by atoms with Gasteiger partial charge in [0.1, 0.15) is 12.4 Å². The molecular formula is C17H21NO3S. The molecule has 2 unspecified atom stereocenters. The second-order valence-electron chi connectivity index (χ2n) is 6.22. The molecule has 2 bridgehead atoms. The fourth-order valence-corrected chi connectivity index (χ4v) is 5.82. The van der Waals surface area contributed by atoms with Crippen molar-refractivity contribution < 1.29 is 14.1 Å². The van der Waals surface area contributed by atoms with Gasteiger partial charge in [-0.05, 0) is 43.4 Å². The van der Waals surface area contributed by atoms with Crippen molar-refractivity contribution in [1.29, 1.82) is 5.26 Å². The zero-order valence-electron chi connectivity index (χ0n) is 12.5. The Morgan fingerprint density at radius 1 is 1.27 bits per heavy atom. The van der Waals surface area contributed by atoms with E-state index in [0.29, 0.717) is 31.6 Å². The van der Waals surface area contributed by atoms with Crippen molar-refractivity contribution in [1.82, 2.24) is 0 Å². The Labute approximate surface area is 133 Å². The number of nitriles is 1. The summed E-state index contributed by atoms with van der Waals surface area (Å²) in [4.78, 5) is 0. The predicted molar refractivity (Wildman–Crippen MR) is 84.9 cm³/mol. The maximum Gasteiger partial charge on any atom is 0.119 e. The summed E-state index contributed by atoms with van der Waals surface area (Å²) < 4.78 is 17.7. The third-order valence-electron chi connectivity index (χ3n) is 4.71. The summed E-state index contributed by atoms with van der Waals surface area (Å²) in [5, 5.41) is 19.8. The molecule has 22 heavy (non-hydrogen) atoms. The van der Waals surface area contributed by atoms with Gasteiger partial charge in [0, 0.05) is 21.3 Å². The second-order valence-corrected chi connectivity index (χ2v) is 8.21. The van der Waals surface area contributed by atoms with Crippen LogP contribution >= 0.6 is 0 Å². The van der Waals surface area contributed by atoms with Gasteiger partial charge in [-0.2, -0.15) is 5.26 Å². The number of aliphatic hydroxyl groups is 1. The molecule has 0 spiro atoms. The normalized spacial score (nSPS) is 33.9. The van der Waals surface area contributed by atoms with Crippen LogP contribution in [-0.4, -0.2) is 26.4 Å². The average Bonchev–Trinajstić information content (AvgIpc) is 2.50.